The molecule has 3 heterocycles. The molecule has 4 amide bonds. The van der Waals surface area contributed by atoms with E-state index in [0.29, 0.717) is 23.7 Å². The predicted octanol–water partition coefficient (Wildman–Crippen LogP) is -0.101. The predicted molar refractivity (Wildman–Crippen MR) is 110 cm³/mol. The molecule has 7 rings (SSSR count). The van der Waals surface area contributed by atoms with Crippen molar-refractivity contribution in [2.45, 2.75) is 44.1 Å². The maximum absolute atomic E-state index is 13.4. The highest BCUT2D eigenvalue weighted by molar-refractivity contribution is 6.44. The molecular weight excluding hydrogens is 396 g/mol. The molecule has 0 unspecified atom stereocenters. The number of amides is 4. The summed E-state index contributed by atoms with van der Waals surface area (Å²) in [5.74, 6) is 1.29. The van der Waals surface area contributed by atoms with E-state index in [1.165, 1.54) is 29.1 Å². The number of hydrogen-bond donors (Lipinski definition) is 1. The van der Waals surface area contributed by atoms with E-state index >= 15 is 0 Å². The molecular formula is C22H29N6O3+. The zero-order chi connectivity index (χ0) is 21.2. The summed E-state index contributed by atoms with van der Waals surface area (Å²) in [5, 5.41) is 0. The number of carbonyl (C=O) groups excluding carboxylic acids is 3. The van der Waals surface area contributed by atoms with Crippen LogP contribution in [0.25, 0.3) is 0 Å². The van der Waals surface area contributed by atoms with Crippen LogP contribution in [0.5, 0.6) is 0 Å². The molecule has 1 aromatic heterocycles. The van der Waals surface area contributed by atoms with Crippen LogP contribution in [0, 0.1) is 17.8 Å². The van der Waals surface area contributed by atoms with Crippen molar-refractivity contribution in [1.82, 2.24) is 19.8 Å². The van der Waals surface area contributed by atoms with Gasteiger partial charge >= 0.3 is 17.8 Å². The van der Waals surface area contributed by atoms with Crippen LogP contribution < -0.4 is 9.80 Å². The number of imide groups is 2. The number of urea groups is 1. The first-order valence-corrected chi connectivity index (χ1v) is 11.6. The Morgan fingerprint density at radius 2 is 1.48 bits per heavy atom. The summed E-state index contributed by atoms with van der Waals surface area (Å²) in [6.45, 7) is 3.29. The smallest absolute Gasteiger partial charge is 0.330 e. The molecule has 4 saturated carbocycles. The van der Waals surface area contributed by atoms with Gasteiger partial charge in [-0.05, 0) is 62.3 Å². The SMILES string of the molecule is O=C1C(=O)N(C23CC4CC(CC(C4)C2)C3)C(=O)N1C[NH+]1CCN(c2ncccn2)CC1. The fourth-order valence-electron chi connectivity index (χ4n) is 7.26. The van der Waals surface area contributed by atoms with Gasteiger partial charge in [-0.25, -0.2) is 24.6 Å². The topological polar surface area (TPSA) is 91.2 Å². The molecule has 0 radical (unpaired) electrons. The van der Waals surface area contributed by atoms with Crippen molar-refractivity contribution in [3.63, 3.8) is 0 Å². The number of rotatable bonds is 4. The number of nitrogens with one attached hydrogen (secondary N) is 1. The highest BCUT2D eigenvalue weighted by Crippen LogP contribution is 2.58. The minimum Gasteiger partial charge on any atom is -0.330 e. The zero-order valence-electron chi connectivity index (χ0n) is 17.7. The van der Waals surface area contributed by atoms with E-state index in [9.17, 15) is 14.4 Å². The molecule has 9 heteroatoms. The van der Waals surface area contributed by atoms with Gasteiger partial charge in [0, 0.05) is 12.4 Å². The van der Waals surface area contributed by atoms with E-state index in [0.717, 1.165) is 50.3 Å². The highest BCUT2D eigenvalue weighted by atomic mass is 16.2. The van der Waals surface area contributed by atoms with E-state index in [1.54, 1.807) is 18.5 Å². The Kier molecular flexibility index (Phi) is 4.31. The summed E-state index contributed by atoms with van der Waals surface area (Å²) in [6.07, 6.45) is 9.81. The van der Waals surface area contributed by atoms with Crippen LogP contribution in [0.1, 0.15) is 38.5 Å². The van der Waals surface area contributed by atoms with Crippen LogP contribution in [-0.2, 0) is 9.59 Å². The average Bonchev–Trinajstić information content (AvgIpc) is 2.97. The molecule has 1 N–H and O–H groups in total. The summed E-state index contributed by atoms with van der Waals surface area (Å²) in [6, 6.07) is 1.42. The molecule has 1 aromatic rings. The maximum atomic E-state index is 13.4. The first-order chi connectivity index (χ1) is 15.0. The Morgan fingerprint density at radius 3 is 2.06 bits per heavy atom. The van der Waals surface area contributed by atoms with E-state index in [4.69, 9.17) is 0 Å². The molecule has 9 nitrogen and oxygen atoms in total. The lowest BCUT2D eigenvalue weighted by molar-refractivity contribution is -0.907. The van der Waals surface area contributed by atoms with E-state index < -0.39 is 17.4 Å². The molecule has 4 aliphatic carbocycles. The normalized spacial score (nSPS) is 35.5. The first kappa shape index (κ1) is 19.2. The molecule has 164 valence electrons. The van der Waals surface area contributed by atoms with Gasteiger partial charge < -0.3 is 9.80 Å². The second-order valence-electron chi connectivity index (χ2n) is 10.2. The molecule has 0 spiro atoms. The average molecular weight is 426 g/mol. The fourth-order valence-corrected chi connectivity index (χ4v) is 7.26. The van der Waals surface area contributed by atoms with Crippen molar-refractivity contribution in [3.05, 3.63) is 18.5 Å². The first-order valence-electron chi connectivity index (χ1n) is 11.6. The van der Waals surface area contributed by atoms with Crippen molar-refractivity contribution in [2.24, 2.45) is 17.8 Å². The van der Waals surface area contributed by atoms with Gasteiger partial charge in [0.25, 0.3) is 0 Å². The lowest BCUT2D eigenvalue weighted by Crippen LogP contribution is -3.16. The quantitative estimate of drug-likeness (QED) is 0.535. The Morgan fingerprint density at radius 1 is 0.903 bits per heavy atom. The van der Waals surface area contributed by atoms with Gasteiger partial charge in [-0.3, -0.25) is 9.59 Å². The zero-order valence-corrected chi connectivity index (χ0v) is 17.7. The third-order valence-corrected chi connectivity index (χ3v) is 8.22. The van der Waals surface area contributed by atoms with Crippen LogP contribution in [0.4, 0.5) is 10.7 Å². The second kappa shape index (κ2) is 6.98. The van der Waals surface area contributed by atoms with Gasteiger partial charge in [-0.15, -0.1) is 0 Å². The number of aromatic nitrogens is 2. The number of quaternary nitrogens is 1. The number of piperazine rings is 1. The summed E-state index contributed by atoms with van der Waals surface area (Å²) in [5.41, 5.74) is -0.411. The van der Waals surface area contributed by atoms with Gasteiger partial charge in [0.2, 0.25) is 5.95 Å². The second-order valence-corrected chi connectivity index (χ2v) is 10.2. The number of hydrogen-bond acceptors (Lipinski definition) is 6. The van der Waals surface area contributed by atoms with E-state index in [2.05, 4.69) is 14.9 Å². The summed E-state index contributed by atoms with van der Waals surface area (Å²) in [7, 11) is 0. The van der Waals surface area contributed by atoms with Gasteiger partial charge in [0.05, 0.1) is 31.7 Å². The molecule has 0 atom stereocenters. The lowest BCUT2D eigenvalue weighted by atomic mass is 9.52. The van der Waals surface area contributed by atoms with Crippen LogP contribution in [0.15, 0.2) is 18.5 Å². The van der Waals surface area contributed by atoms with Crippen LogP contribution in [-0.4, -0.2) is 76.0 Å². The fraction of sp³-hybridized carbons (Fsp3) is 0.682. The molecule has 2 aliphatic heterocycles. The number of nitrogens with zero attached hydrogens (tertiary/aromatic N) is 5. The summed E-state index contributed by atoms with van der Waals surface area (Å²) >= 11 is 0. The van der Waals surface area contributed by atoms with Gasteiger partial charge in [0.15, 0.2) is 6.67 Å². The molecule has 4 bridgehead atoms. The Bertz CT molecular complexity index is 878. The number of anilines is 1. The number of carbonyl (C=O) groups is 3. The Balaban J connectivity index is 1.15. The minimum absolute atomic E-state index is 0.260. The minimum atomic E-state index is -0.637. The van der Waals surface area contributed by atoms with Gasteiger partial charge in [-0.2, -0.15) is 0 Å². The molecule has 31 heavy (non-hydrogen) atoms. The van der Waals surface area contributed by atoms with Gasteiger partial charge in [0.1, 0.15) is 0 Å². The van der Waals surface area contributed by atoms with Crippen LogP contribution in [0.2, 0.25) is 0 Å². The molecule has 6 aliphatic rings. The van der Waals surface area contributed by atoms with Crippen molar-refractivity contribution in [3.8, 4) is 0 Å². The lowest BCUT2D eigenvalue weighted by Gasteiger charge is -2.58. The maximum Gasteiger partial charge on any atom is 0.339 e. The van der Waals surface area contributed by atoms with E-state index in [-0.39, 0.29) is 12.7 Å². The monoisotopic (exact) mass is 425 g/mol. The van der Waals surface area contributed by atoms with Crippen molar-refractivity contribution in [1.29, 1.82) is 0 Å². The van der Waals surface area contributed by atoms with Crippen molar-refractivity contribution in [2.75, 3.05) is 37.7 Å². The largest absolute Gasteiger partial charge is 0.339 e. The third kappa shape index (κ3) is 3.04. The van der Waals surface area contributed by atoms with Crippen molar-refractivity contribution < 1.29 is 19.3 Å². The third-order valence-electron chi connectivity index (χ3n) is 8.22. The Labute approximate surface area is 181 Å². The summed E-state index contributed by atoms with van der Waals surface area (Å²) < 4.78 is 0. The van der Waals surface area contributed by atoms with Crippen molar-refractivity contribution >= 4 is 23.8 Å². The summed E-state index contributed by atoms with van der Waals surface area (Å²) in [4.78, 5) is 53.7. The molecule has 6 fully saturated rings. The standard InChI is InChI=1S/C22H28N6O3/c29-18-19(30)28(22-11-15-8-16(12-22)10-17(9-15)13-22)21(31)27(18)14-25-4-6-26(7-5-25)20-23-2-1-3-24-20/h1-3,15-17H,4-14H2/p+1. The van der Waals surface area contributed by atoms with Crippen LogP contribution in [0.3, 0.4) is 0 Å². The van der Waals surface area contributed by atoms with E-state index in [1.807, 2.05) is 0 Å². The van der Waals surface area contributed by atoms with Gasteiger partial charge in [-0.1, -0.05) is 0 Å². The molecule has 0 aromatic carbocycles. The molecule has 2 saturated heterocycles. The Hall–Kier alpha value is -2.55. The van der Waals surface area contributed by atoms with Crippen LogP contribution >= 0.6 is 0 Å². The highest BCUT2D eigenvalue weighted by Gasteiger charge is 2.61.